The number of aryl methyl sites for hydroxylation is 2. The summed E-state index contributed by atoms with van der Waals surface area (Å²) < 4.78 is 0. The van der Waals surface area contributed by atoms with Crippen LogP contribution in [0.4, 0.5) is 26.7 Å². The Labute approximate surface area is 214 Å². The van der Waals surface area contributed by atoms with Crippen LogP contribution in [0.25, 0.3) is 0 Å². The third-order valence-electron chi connectivity index (χ3n) is 5.20. The Bertz CT molecular complexity index is 1220. The molecule has 0 aliphatic heterocycles. The number of carbonyl (C=O) groups is 3. The molecule has 3 aromatic rings. The van der Waals surface area contributed by atoms with Crippen molar-refractivity contribution in [1.29, 1.82) is 0 Å². The maximum Gasteiger partial charge on any atom is 0.326 e. The first kappa shape index (κ1) is 26.1. The molecule has 0 aliphatic carbocycles. The maximum atomic E-state index is 13.1. The maximum absolute atomic E-state index is 13.1. The molecular weight excluding hydrogens is 487 g/mol. The Balaban J connectivity index is 1.71. The summed E-state index contributed by atoms with van der Waals surface area (Å²) in [5.41, 5.74) is 3.56. The standard InChI is InChI=1S/C26H26Cl2N4O3/c1-4-13-32(20-11-9-18(27)10-12-20)26(35)30-23-16(2)14-19(15-17(23)3)29-25(34)31-24(33)21-7-5-6-8-22(21)28/h5-12,14-15H,4,13H2,1-3H3,(H,30,35)(H2,29,31,33,34). The van der Waals surface area contributed by atoms with Crippen LogP contribution in [0, 0.1) is 13.8 Å². The average Bonchev–Trinajstić information content (AvgIpc) is 2.80. The fourth-order valence-corrected chi connectivity index (χ4v) is 3.93. The molecule has 0 fully saturated rings. The number of halogens is 2. The van der Waals surface area contributed by atoms with Crippen molar-refractivity contribution >= 4 is 58.2 Å². The molecule has 3 rings (SSSR count). The molecule has 0 unspecified atom stereocenters. The van der Waals surface area contributed by atoms with E-state index in [9.17, 15) is 14.4 Å². The highest BCUT2D eigenvalue weighted by Crippen LogP contribution is 2.27. The van der Waals surface area contributed by atoms with Crippen LogP contribution in [-0.2, 0) is 0 Å². The van der Waals surface area contributed by atoms with Crippen LogP contribution < -0.4 is 20.9 Å². The molecule has 7 nitrogen and oxygen atoms in total. The Kier molecular flexibility index (Phi) is 8.73. The van der Waals surface area contributed by atoms with E-state index in [0.717, 1.165) is 23.2 Å². The molecule has 0 saturated carbocycles. The summed E-state index contributed by atoms with van der Waals surface area (Å²) in [4.78, 5) is 39.4. The summed E-state index contributed by atoms with van der Waals surface area (Å²) in [5, 5.41) is 8.73. The number of nitrogens with one attached hydrogen (secondary N) is 3. The topological polar surface area (TPSA) is 90.5 Å². The number of nitrogens with zero attached hydrogens (tertiary/aromatic N) is 1. The van der Waals surface area contributed by atoms with Gasteiger partial charge in [0.05, 0.1) is 10.6 Å². The summed E-state index contributed by atoms with van der Waals surface area (Å²) in [5.74, 6) is -0.608. The van der Waals surface area contributed by atoms with Crippen molar-refractivity contribution < 1.29 is 14.4 Å². The Morgan fingerprint density at radius 2 is 1.51 bits per heavy atom. The van der Waals surface area contributed by atoms with Gasteiger partial charge in [-0.3, -0.25) is 15.0 Å². The molecule has 0 aromatic heterocycles. The van der Waals surface area contributed by atoms with Gasteiger partial charge in [0.2, 0.25) is 0 Å². The predicted molar refractivity (Wildman–Crippen MR) is 142 cm³/mol. The molecule has 0 heterocycles. The SMILES string of the molecule is CCCN(C(=O)Nc1c(C)cc(NC(=O)NC(=O)c2ccccc2Cl)cc1C)c1ccc(Cl)cc1. The first-order valence-electron chi connectivity index (χ1n) is 11.0. The first-order valence-corrected chi connectivity index (χ1v) is 11.8. The van der Waals surface area contributed by atoms with E-state index >= 15 is 0 Å². The van der Waals surface area contributed by atoms with Gasteiger partial charge < -0.3 is 10.6 Å². The summed E-state index contributed by atoms with van der Waals surface area (Å²) in [7, 11) is 0. The second-order valence-electron chi connectivity index (χ2n) is 7.93. The number of imide groups is 1. The lowest BCUT2D eigenvalue weighted by Gasteiger charge is -2.24. The van der Waals surface area contributed by atoms with E-state index in [1.54, 1.807) is 59.5 Å². The summed E-state index contributed by atoms with van der Waals surface area (Å²) in [6.07, 6.45) is 0.777. The van der Waals surface area contributed by atoms with Gasteiger partial charge in [-0.15, -0.1) is 0 Å². The van der Waals surface area contributed by atoms with Crippen LogP contribution in [0.5, 0.6) is 0 Å². The van der Waals surface area contributed by atoms with Crippen LogP contribution in [0.15, 0.2) is 60.7 Å². The quantitative estimate of drug-likeness (QED) is 0.331. The van der Waals surface area contributed by atoms with Gasteiger partial charge >= 0.3 is 12.1 Å². The number of hydrogen-bond acceptors (Lipinski definition) is 3. The number of hydrogen-bond donors (Lipinski definition) is 3. The third-order valence-corrected chi connectivity index (χ3v) is 5.78. The first-order chi connectivity index (χ1) is 16.7. The average molecular weight is 513 g/mol. The molecule has 0 bridgehead atoms. The summed E-state index contributed by atoms with van der Waals surface area (Å²) in [6.45, 7) is 6.18. The Hall–Kier alpha value is -3.55. The van der Waals surface area contributed by atoms with Gasteiger partial charge in [-0.05, 0) is 79.9 Å². The molecule has 0 radical (unpaired) electrons. The second kappa shape index (κ2) is 11.7. The fourth-order valence-electron chi connectivity index (χ4n) is 3.58. The molecular formula is C26H26Cl2N4O3. The van der Waals surface area contributed by atoms with Crippen molar-refractivity contribution in [2.45, 2.75) is 27.2 Å². The minimum absolute atomic E-state index is 0.201. The highest BCUT2D eigenvalue weighted by atomic mass is 35.5. The zero-order chi connectivity index (χ0) is 25.5. The van der Waals surface area contributed by atoms with E-state index in [1.165, 1.54) is 6.07 Å². The molecule has 35 heavy (non-hydrogen) atoms. The highest BCUT2D eigenvalue weighted by molar-refractivity contribution is 6.34. The monoisotopic (exact) mass is 512 g/mol. The lowest BCUT2D eigenvalue weighted by molar-refractivity contribution is 0.0967. The Morgan fingerprint density at radius 3 is 2.11 bits per heavy atom. The van der Waals surface area contributed by atoms with Crippen LogP contribution in [-0.4, -0.2) is 24.5 Å². The number of anilines is 3. The van der Waals surface area contributed by atoms with Gasteiger partial charge in [0.1, 0.15) is 0 Å². The van der Waals surface area contributed by atoms with E-state index in [0.29, 0.717) is 22.9 Å². The van der Waals surface area contributed by atoms with E-state index in [1.807, 2.05) is 20.8 Å². The molecule has 0 atom stereocenters. The van der Waals surface area contributed by atoms with Gasteiger partial charge in [0, 0.05) is 28.6 Å². The van der Waals surface area contributed by atoms with Crippen molar-refractivity contribution in [1.82, 2.24) is 5.32 Å². The van der Waals surface area contributed by atoms with Crippen LogP contribution in [0.3, 0.4) is 0 Å². The molecule has 182 valence electrons. The van der Waals surface area contributed by atoms with Crippen molar-refractivity contribution in [2.24, 2.45) is 0 Å². The fraction of sp³-hybridized carbons (Fsp3) is 0.192. The van der Waals surface area contributed by atoms with Crippen molar-refractivity contribution in [3.63, 3.8) is 0 Å². The van der Waals surface area contributed by atoms with Gasteiger partial charge in [-0.1, -0.05) is 42.3 Å². The van der Waals surface area contributed by atoms with Crippen molar-refractivity contribution in [3.05, 3.63) is 87.4 Å². The van der Waals surface area contributed by atoms with Crippen LogP contribution >= 0.6 is 23.2 Å². The minimum Gasteiger partial charge on any atom is -0.308 e. The molecule has 0 aliphatic rings. The largest absolute Gasteiger partial charge is 0.326 e. The molecule has 0 saturated heterocycles. The second-order valence-corrected chi connectivity index (χ2v) is 8.77. The number of rotatable bonds is 6. The number of amides is 5. The van der Waals surface area contributed by atoms with Crippen LogP contribution in [0.2, 0.25) is 10.0 Å². The molecule has 3 N–H and O–H groups in total. The molecule has 0 spiro atoms. The molecule has 5 amide bonds. The van der Waals surface area contributed by atoms with Gasteiger partial charge in [0.15, 0.2) is 0 Å². The summed E-state index contributed by atoms with van der Waals surface area (Å²) >= 11 is 12.0. The van der Waals surface area contributed by atoms with Crippen LogP contribution in [0.1, 0.15) is 34.8 Å². The zero-order valence-corrected chi connectivity index (χ0v) is 21.1. The van der Waals surface area contributed by atoms with E-state index in [-0.39, 0.29) is 16.6 Å². The number of benzene rings is 3. The lowest BCUT2D eigenvalue weighted by atomic mass is 10.1. The minimum atomic E-state index is -0.692. The van der Waals surface area contributed by atoms with Gasteiger partial charge in [-0.2, -0.15) is 0 Å². The van der Waals surface area contributed by atoms with E-state index in [4.69, 9.17) is 23.2 Å². The third kappa shape index (κ3) is 6.74. The lowest BCUT2D eigenvalue weighted by Crippen LogP contribution is -2.36. The smallest absolute Gasteiger partial charge is 0.308 e. The van der Waals surface area contributed by atoms with E-state index < -0.39 is 11.9 Å². The normalized spacial score (nSPS) is 10.4. The van der Waals surface area contributed by atoms with Gasteiger partial charge in [0.25, 0.3) is 5.91 Å². The molecule has 3 aromatic carbocycles. The van der Waals surface area contributed by atoms with E-state index in [2.05, 4.69) is 16.0 Å². The summed E-state index contributed by atoms with van der Waals surface area (Å²) in [6, 6.07) is 16.0. The Morgan fingerprint density at radius 1 is 0.886 bits per heavy atom. The molecule has 9 heteroatoms. The van der Waals surface area contributed by atoms with Crippen molar-refractivity contribution in [3.8, 4) is 0 Å². The number of carbonyl (C=O) groups excluding carboxylic acids is 3. The predicted octanol–water partition coefficient (Wildman–Crippen LogP) is 7.02. The zero-order valence-electron chi connectivity index (χ0n) is 19.6. The van der Waals surface area contributed by atoms with Crippen molar-refractivity contribution in [2.75, 3.05) is 22.1 Å². The highest BCUT2D eigenvalue weighted by Gasteiger charge is 2.18. The van der Waals surface area contributed by atoms with Gasteiger partial charge in [-0.25, -0.2) is 9.59 Å². The number of urea groups is 2.